The molecule has 380 valence electrons. The first-order valence-electron chi connectivity index (χ1n) is 23.6. The molecule has 2 bridgehead atoms. The summed E-state index contributed by atoms with van der Waals surface area (Å²) >= 11 is 0. The van der Waals surface area contributed by atoms with Gasteiger partial charge in [-0.05, 0) is 56.0 Å². The van der Waals surface area contributed by atoms with Crippen LogP contribution in [-0.2, 0) is 62.0 Å². The molecule has 1 aliphatic heterocycles. The summed E-state index contributed by atoms with van der Waals surface area (Å²) in [7, 11) is 0. The van der Waals surface area contributed by atoms with Crippen LogP contribution in [0, 0.1) is 16.7 Å². The number of fused-ring (bicyclic) bond motifs is 5. The molecule has 3 aliphatic carbocycles. The van der Waals surface area contributed by atoms with Crippen LogP contribution in [0.25, 0.3) is 0 Å². The number of aliphatic hydroxyl groups excluding tert-OH is 1. The summed E-state index contributed by atoms with van der Waals surface area (Å²) in [4.78, 5) is 111. The maximum atomic E-state index is 16.1. The van der Waals surface area contributed by atoms with Gasteiger partial charge in [0.1, 0.15) is 36.6 Å². The molecule has 3 fully saturated rings. The number of Topliss-reactive ketones (excluding diaryl/α,β-unsaturated/α-hetero) is 1. The van der Waals surface area contributed by atoms with E-state index in [1.54, 1.807) is 48.5 Å². The predicted molar refractivity (Wildman–Crippen MR) is 247 cm³/mol. The Morgan fingerprint density at radius 3 is 2.11 bits per heavy atom. The Hall–Kier alpha value is -6.02. The molecule has 6 N–H and O–H groups in total. The molecule has 6 rings (SSSR count). The number of unbranched alkanes of at least 4 members (excludes halogenated alkanes) is 2. The van der Waals surface area contributed by atoms with Gasteiger partial charge in [-0.1, -0.05) is 82.1 Å². The van der Waals surface area contributed by atoms with E-state index >= 15 is 4.79 Å². The van der Waals surface area contributed by atoms with Crippen LogP contribution in [0.3, 0.4) is 0 Å². The minimum atomic E-state index is -2.50. The van der Waals surface area contributed by atoms with Gasteiger partial charge in [0.2, 0.25) is 11.8 Å². The SMILES string of the molecule is CCCCCC(=O)NC(c1ccccc1)[C@H](O)C(=O)O[C@H]1C[C@@]2(O)[C@@H](OC(=O)c3ccccc3)C3[C@]4(OC(C)=O)COC4C[C@H](OC(=O)CNC(=O)C(C)N)[C@@]3(C)C(=O)[C@H](OC(C)=O)C(=C1C)C2(C)C. The first kappa shape index (κ1) is 53.3. The van der Waals surface area contributed by atoms with Gasteiger partial charge in [0, 0.05) is 38.5 Å². The predicted octanol–water partition coefficient (Wildman–Crippen LogP) is 3.02. The Morgan fingerprint density at radius 2 is 1.54 bits per heavy atom. The number of ether oxygens (including phenoxy) is 6. The lowest BCUT2D eigenvalue weighted by Gasteiger charge is -2.67. The van der Waals surface area contributed by atoms with Crippen LogP contribution >= 0.6 is 0 Å². The number of carbonyl (C=O) groups excluding carboxylic acids is 8. The zero-order valence-corrected chi connectivity index (χ0v) is 40.8. The molecule has 2 amide bonds. The van der Waals surface area contributed by atoms with Crippen molar-refractivity contribution in [1.29, 1.82) is 0 Å². The van der Waals surface area contributed by atoms with Gasteiger partial charge >= 0.3 is 29.8 Å². The molecule has 2 aromatic rings. The van der Waals surface area contributed by atoms with Gasteiger partial charge in [-0.25, -0.2) is 9.59 Å². The molecule has 2 aromatic carbocycles. The van der Waals surface area contributed by atoms with Gasteiger partial charge < -0.3 is 55.0 Å². The fraction of sp³-hybridized carbons (Fsp3) is 0.569. The molecule has 1 heterocycles. The molecule has 70 heavy (non-hydrogen) atoms. The van der Waals surface area contributed by atoms with Crippen molar-refractivity contribution in [2.75, 3.05) is 13.2 Å². The molecule has 0 spiro atoms. The van der Waals surface area contributed by atoms with Gasteiger partial charge in [-0.15, -0.1) is 0 Å². The average molecular weight is 976 g/mol. The Labute approximate surface area is 406 Å². The molecule has 0 radical (unpaired) electrons. The van der Waals surface area contributed by atoms with E-state index in [0.717, 1.165) is 26.7 Å². The summed E-state index contributed by atoms with van der Waals surface area (Å²) in [6, 6.07) is 13.7. The van der Waals surface area contributed by atoms with E-state index in [2.05, 4.69) is 10.6 Å². The molecular weight excluding hydrogens is 911 g/mol. The van der Waals surface area contributed by atoms with E-state index in [4.69, 9.17) is 34.2 Å². The second-order valence-electron chi connectivity index (χ2n) is 19.5. The smallest absolute Gasteiger partial charge is 0.338 e. The van der Waals surface area contributed by atoms with Crippen molar-refractivity contribution < 1.29 is 77.0 Å². The van der Waals surface area contributed by atoms with Crippen LogP contribution in [0.4, 0.5) is 0 Å². The van der Waals surface area contributed by atoms with Gasteiger partial charge in [0.25, 0.3) is 0 Å². The van der Waals surface area contributed by atoms with E-state index in [1.807, 2.05) is 6.92 Å². The highest BCUT2D eigenvalue weighted by Crippen LogP contribution is 2.65. The van der Waals surface area contributed by atoms with Gasteiger partial charge in [-0.2, -0.15) is 0 Å². The van der Waals surface area contributed by atoms with E-state index in [0.29, 0.717) is 12.0 Å². The minimum Gasteiger partial charge on any atom is -0.460 e. The van der Waals surface area contributed by atoms with Crippen molar-refractivity contribution in [3.8, 4) is 0 Å². The standard InChI is InChI=1S/C51H65N3O16/c1-9-10-13-22-36(57)54-39(31-18-14-11-15-19-31)40(59)47(63)67-33-24-51(64)44(69-46(62)32-20-16-12-17-21-32)42-49(8,43(60)41(66-29(4)55)38(27(33)2)48(51,6)7)34(68-37(58)25-53-45(61)28(3)52)23-35-50(42,26-65-35)70-30(5)56/h11-12,14-21,28,33-35,39-42,44,59,64H,9-10,13,22-26,52H2,1-8H3,(H,53,61)(H,54,57)/t28?,33-,34-,35?,39?,40-,41+,42?,44-,49+,50-,51+/m0/s1. The number of ketones is 1. The highest BCUT2D eigenvalue weighted by molar-refractivity contribution is 5.96. The number of esters is 5. The highest BCUT2D eigenvalue weighted by Gasteiger charge is 2.79. The summed E-state index contributed by atoms with van der Waals surface area (Å²) in [5.74, 6) is -8.80. The van der Waals surface area contributed by atoms with Gasteiger partial charge in [-0.3, -0.25) is 28.8 Å². The van der Waals surface area contributed by atoms with Crippen molar-refractivity contribution in [3.63, 3.8) is 0 Å². The van der Waals surface area contributed by atoms with Crippen LogP contribution in [0.5, 0.6) is 0 Å². The molecular formula is C51H65N3O16. The zero-order chi connectivity index (χ0) is 51.5. The molecule has 19 heteroatoms. The first-order chi connectivity index (χ1) is 32.9. The number of nitrogens with two attached hydrogens (primary N) is 1. The van der Waals surface area contributed by atoms with E-state index in [1.165, 1.54) is 46.8 Å². The van der Waals surface area contributed by atoms with Crippen molar-refractivity contribution in [2.45, 2.75) is 154 Å². The van der Waals surface area contributed by atoms with Gasteiger partial charge in [0.15, 0.2) is 23.6 Å². The monoisotopic (exact) mass is 975 g/mol. The lowest BCUT2D eigenvalue weighted by molar-refractivity contribution is -0.346. The normalized spacial score (nSPS) is 29.9. The van der Waals surface area contributed by atoms with Crippen LogP contribution in [0.15, 0.2) is 71.8 Å². The Kier molecular flexibility index (Phi) is 16.1. The van der Waals surface area contributed by atoms with Crippen LogP contribution in [0.1, 0.15) is 116 Å². The molecule has 4 aliphatic rings. The first-order valence-corrected chi connectivity index (χ1v) is 23.6. The number of carbonyl (C=O) groups is 8. The summed E-state index contributed by atoms with van der Waals surface area (Å²) in [6.07, 6.45) is -8.79. The topological polar surface area (TPSA) is 282 Å². The molecule has 0 aromatic heterocycles. The van der Waals surface area contributed by atoms with Gasteiger partial charge in [0.05, 0.1) is 35.6 Å². The zero-order valence-electron chi connectivity index (χ0n) is 40.8. The molecule has 12 atom stereocenters. The summed E-state index contributed by atoms with van der Waals surface area (Å²) in [5, 5.41) is 30.9. The van der Waals surface area contributed by atoms with Crippen LogP contribution in [0.2, 0.25) is 0 Å². The number of benzene rings is 2. The number of aliphatic hydroxyl groups is 2. The lowest BCUT2D eigenvalue weighted by atomic mass is 9.44. The third kappa shape index (κ3) is 10.1. The van der Waals surface area contributed by atoms with Crippen molar-refractivity contribution in [1.82, 2.24) is 10.6 Å². The average Bonchev–Trinajstić information content (AvgIpc) is 3.30. The van der Waals surface area contributed by atoms with E-state index < -0.39 is 144 Å². The maximum absolute atomic E-state index is 16.1. The second-order valence-corrected chi connectivity index (χ2v) is 19.5. The Morgan fingerprint density at radius 1 is 0.900 bits per heavy atom. The summed E-state index contributed by atoms with van der Waals surface area (Å²) in [5.41, 5.74) is -2.22. The molecule has 1 saturated heterocycles. The minimum absolute atomic E-state index is 0.0148. The van der Waals surface area contributed by atoms with Crippen molar-refractivity contribution in [2.24, 2.45) is 22.5 Å². The third-order valence-electron chi connectivity index (χ3n) is 14.5. The number of nitrogens with one attached hydrogen (secondary N) is 2. The largest absolute Gasteiger partial charge is 0.460 e. The maximum Gasteiger partial charge on any atom is 0.338 e. The number of hydrogen-bond donors (Lipinski definition) is 5. The summed E-state index contributed by atoms with van der Waals surface area (Å²) in [6.45, 7) is 10.4. The van der Waals surface area contributed by atoms with E-state index in [-0.39, 0.29) is 29.6 Å². The third-order valence-corrected chi connectivity index (χ3v) is 14.5. The molecule has 4 unspecified atom stereocenters. The van der Waals surface area contributed by atoms with E-state index in [9.17, 15) is 43.8 Å². The fourth-order valence-corrected chi connectivity index (χ4v) is 10.8. The highest BCUT2D eigenvalue weighted by atomic mass is 16.6. The second kappa shape index (κ2) is 21.1. The Balaban J connectivity index is 1.56. The molecule has 2 saturated carbocycles. The quantitative estimate of drug-likeness (QED) is 0.0659. The number of amides is 2. The Bertz CT molecular complexity index is 2370. The van der Waals surface area contributed by atoms with Crippen molar-refractivity contribution >= 4 is 47.4 Å². The summed E-state index contributed by atoms with van der Waals surface area (Å²) < 4.78 is 36.9. The number of hydrogen-bond acceptors (Lipinski definition) is 17. The van der Waals surface area contributed by atoms with Crippen LogP contribution in [-0.4, -0.2) is 125 Å². The van der Waals surface area contributed by atoms with Crippen molar-refractivity contribution in [3.05, 3.63) is 82.9 Å². The fourth-order valence-electron chi connectivity index (χ4n) is 10.8. The lowest BCUT2D eigenvalue weighted by Crippen LogP contribution is -2.82. The molecule has 19 nitrogen and oxygen atoms in total. The number of rotatable bonds is 17. The van der Waals surface area contributed by atoms with Crippen LogP contribution < -0.4 is 16.4 Å².